The highest BCUT2D eigenvalue weighted by Gasteiger charge is 2.21. The lowest BCUT2D eigenvalue weighted by Gasteiger charge is -2.08. The van der Waals surface area contributed by atoms with Gasteiger partial charge in [0.05, 0.1) is 6.33 Å². The van der Waals surface area contributed by atoms with Crippen LogP contribution in [0.2, 0.25) is 0 Å². The molecule has 1 aliphatic carbocycles. The Balaban J connectivity index is 1.99. The van der Waals surface area contributed by atoms with Gasteiger partial charge in [-0.05, 0) is 36.1 Å². The maximum atomic E-state index is 11.8. The zero-order valence-corrected chi connectivity index (χ0v) is 9.81. The summed E-state index contributed by atoms with van der Waals surface area (Å²) in [4.78, 5) is 15.8. The van der Waals surface area contributed by atoms with Crippen LogP contribution in [-0.2, 0) is 13.0 Å². The first-order valence-electron chi connectivity index (χ1n) is 5.85. The van der Waals surface area contributed by atoms with Crippen LogP contribution in [-0.4, -0.2) is 15.3 Å². The topological polar surface area (TPSA) is 34.9 Å². The monoisotopic (exact) mass is 226 g/mol. The molecule has 1 aromatic carbocycles. The number of fused-ring (bicyclic) bond motifs is 1. The molecule has 1 aliphatic rings. The number of Topliss-reactive ketones (excluding diaryl/α,β-unsaturated/α-hetero) is 1. The van der Waals surface area contributed by atoms with Crippen molar-refractivity contribution in [1.82, 2.24) is 9.55 Å². The Hall–Kier alpha value is -1.90. The van der Waals surface area contributed by atoms with Crippen LogP contribution >= 0.6 is 0 Å². The Morgan fingerprint density at radius 3 is 3.00 bits per heavy atom. The van der Waals surface area contributed by atoms with Gasteiger partial charge in [0.2, 0.25) is 0 Å². The second kappa shape index (κ2) is 3.84. The zero-order chi connectivity index (χ0) is 11.8. The Bertz CT molecular complexity index is 570. The van der Waals surface area contributed by atoms with Crippen LogP contribution in [0, 0.1) is 6.92 Å². The SMILES string of the molecule is Cc1cc(Cn2ccnc2)cc2c1CCC2=O. The molecular weight excluding hydrogens is 212 g/mol. The number of rotatable bonds is 2. The van der Waals surface area contributed by atoms with E-state index in [1.807, 2.05) is 16.8 Å². The molecule has 0 radical (unpaired) electrons. The van der Waals surface area contributed by atoms with E-state index in [-0.39, 0.29) is 5.78 Å². The number of aryl methyl sites for hydroxylation is 1. The van der Waals surface area contributed by atoms with E-state index in [4.69, 9.17) is 0 Å². The number of benzene rings is 1. The number of ketones is 1. The van der Waals surface area contributed by atoms with Gasteiger partial charge in [0.15, 0.2) is 5.78 Å². The van der Waals surface area contributed by atoms with Gasteiger partial charge in [-0.2, -0.15) is 0 Å². The maximum Gasteiger partial charge on any atom is 0.163 e. The summed E-state index contributed by atoms with van der Waals surface area (Å²) in [6, 6.07) is 4.22. The molecule has 0 unspecified atom stereocenters. The predicted molar refractivity (Wildman–Crippen MR) is 65.2 cm³/mol. The number of aromatic nitrogens is 2. The summed E-state index contributed by atoms with van der Waals surface area (Å²) >= 11 is 0. The van der Waals surface area contributed by atoms with E-state index < -0.39 is 0 Å². The number of imidazole rings is 1. The van der Waals surface area contributed by atoms with Crippen LogP contribution in [0.4, 0.5) is 0 Å². The fourth-order valence-electron chi connectivity index (χ4n) is 2.53. The third kappa shape index (κ3) is 1.78. The minimum Gasteiger partial charge on any atom is -0.333 e. The predicted octanol–water partition coefficient (Wildman–Crippen LogP) is 2.37. The summed E-state index contributed by atoms with van der Waals surface area (Å²) < 4.78 is 2.01. The molecular formula is C14H14N2O. The summed E-state index contributed by atoms with van der Waals surface area (Å²) in [5.41, 5.74) is 4.59. The van der Waals surface area contributed by atoms with Gasteiger partial charge in [-0.3, -0.25) is 4.79 Å². The Morgan fingerprint density at radius 1 is 1.35 bits per heavy atom. The van der Waals surface area contributed by atoms with Crippen molar-refractivity contribution in [2.75, 3.05) is 0 Å². The third-order valence-corrected chi connectivity index (χ3v) is 3.36. The van der Waals surface area contributed by atoms with Gasteiger partial charge in [-0.25, -0.2) is 4.98 Å². The first-order chi connectivity index (χ1) is 8.24. The van der Waals surface area contributed by atoms with E-state index in [9.17, 15) is 4.79 Å². The van der Waals surface area contributed by atoms with E-state index >= 15 is 0 Å². The number of carbonyl (C=O) groups is 1. The van der Waals surface area contributed by atoms with Crippen LogP contribution in [0.25, 0.3) is 0 Å². The van der Waals surface area contributed by atoms with Crippen LogP contribution < -0.4 is 0 Å². The van der Waals surface area contributed by atoms with Crippen LogP contribution in [0.3, 0.4) is 0 Å². The zero-order valence-electron chi connectivity index (χ0n) is 9.81. The first kappa shape index (κ1) is 10.3. The molecule has 0 saturated carbocycles. The van der Waals surface area contributed by atoms with Gasteiger partial charge < -0.3 is 4.57 Å². The van der Waals surface area contributed by atoms with Crippen molar-refractivity contribution in [1.29, 1.82) is 0 Å². The number of carbonyl (C=O) groups excluding carboxylic acids is 1. The average Bonchev–Trinajstić information content (AvgIpc) is 2.90. The number of hydrogen-bond donors (Lipinski definition) is 0. The molecule has 0 bridgehead atoms. The summed E-state index contributed by atoms with van der Waals surface area (Å²) in [5.74, 6) is 0.288. The average molecular weight is 226 g/mol. The van der Waals surface area contributed by atoms with Crippen molar-refractivity contribution in [3.8, 4) is 0 Å². The molecule has 86 valence electrons. The van der Waals surface area contributed by atoms with Crippen molar-refractivity contribution in [2.45, 2.75) is 26.3 Å². The van der Waals surface area contributed by atoms with Crippen molar-refractivity contribution in [3.05, 3.63) is 53.1 Å². The normalized spacial score (nSPS) is 14.1. The molecule has 3 rings (SSSR count). The molecule has 1 aromatic heterocycles. The first-order valence-corrected chi connectivity index (χ1v) is 5.85. The minimum absolute atomic E-state index is 0.288. The molecule has 0 spiro atoms. The Morgan fingerprint density at radius 2 is 2.24 bits per heavy atom. The van der Waals surface area contributed by atoms with Crippen molar-refractivity contribution < 1.29 is 4.79 Å². The smallest absolute Gasteiger partial charge is 0.163 e. The molecule has 2 aromatic rings. The highest BCUT2D eigenvalue weighted by molar-refractivity contribution is 6.00. The molecule has 0 atom stereocenters. The van der Waals surface area contributed by atoms with Crippen LogP contribution in [0.15, 0.2) is 30.9 Å². The largest absolute Gasteiger partial charge is 0.333 e. The molecule has 0 fully saturated rings. The lowest BCUT2D eigenvalue weighted by molar-refractivity contribution is 0.0994. The summed E-state index contributed by atoms with van der Waals surface area (Å²) in [5, 5.41) is 0. The number of hydrogen-bond acceptors (Lipinski definition) is 2. The van der Waals surface area contributed by atoms with Gasteiger partial charge >= 0.3 is 0 Å². The van der Waals surface area contributed by atoms with E-state index in [0.717, 1.165) is 18.5 Å². The fourth-order valence-corrected chi connectivity index (χ4v) is 2.53. The van der Waals surface area contributed by atoms with Crippen LogP contribution in [0.5, 0.6) is 0 Å². The molecule has 1 heterocycles. The lowest BCUT2D eigenvalue weighted by Crippen LogP contribution is -2.01. The molecule has 3 heteroatoms. The van der Waals surface area contributed by atoms with Gasteiger partial charge in [0.1, 0.15) is 0 Å². The quantitative estimate of drug-likeness (QED) is 0.788. The summed E-state index contributed by atoms with van der Waals surface area (Å²) in [6.07, 6.45) is 7.08. The molecule has 3 nitrogen and oxygen atoms in total. The molecule has 0 amide bonds. The second-order valence-corrected chi connectivity index (χ2v) is 4.60. The Kier molecular flexibility index (Phi) is 2.32. The second-order valence-electron chi connectivity index (χ2n) is 4.60. The lowest BCUT2D eigenvalue weighted by atomic mass is 10.0. The molecule has 0 N–H and O–H groups in total. The van der Waals surface area contributed by atoms with Gasteiger partial charge in [0, 0.05) is 30.9 Å². The minimum atomic E-state index is 0.288. The van der Waals surface area contributed by atoms with E-state index in [2.05, 4.69) is 18.0 Å². The summed E-state index contributed by atoms with van der Waals surface area (Å²) in [7, 11) is 0. The van der Waals surface area contributed by atoms with E-state index in [1.54, 1.807) is 12.5 Å². The van der Waals surface area contributed by atoms with Crippen LogP contribution in [0.1, 0.15) is 33.5 Å². The Labute approximate surface area is 100 Å². The maximum absolute atomic E-state index is 11.8. The number of nitrogens with zero attached hydrogens (tertiary/aromatic N) is 2. The van der Waals surface area contributed by atoms with Gasteiger partial charge in [0.25, 0.3) is 0 Å². The van der Waals surface area contributed by atoms with E-state index in [0.29, 0.717) is 6.42 Å². The molecule has 0 aliphatic heterocycles. The van der Waals surface area contributed by atoms with Gasteiger partial charge in [-0.1, -0.05) is 6.07 Å². The standard InChI is InChI=1S/C14H14N2O/c1-10-6-11(8-16-5-4-15-9-16)7-13-12(10)2-3-14(13)17/h4-7,9H,2-3,8H2,1H3. The van der Waals surface area contributed by atoms with Gasteiger partial charge in [-0.15, -0.1) is 0 Å². The molecule has 0 saturated heterocycles. The van der Waals surface area contributed by atoms with Crippen molar-refractivity contribution >= 4 is 5.78 Å². The van der Waals surface area contributed by atoms with Crippen molar-refractivity contribution in [3.63, 3.8) is 0 Å². The summed E-state index contributed by atoms with van der Waals surface area (Å²) in [6.45, 7) is 2.87. The highest BCUT2D eigenvalue weighted by atomic mass is 16.1. The fraction of sp³-hybridized carbons (Fsp3) is 0.286. The third-order valence-electron chi connectivity index (χ3n) is 3.36. The van der Waals surface area contributed by atoms with E-state index in [1.165, 1.54) is 16.7 Å². The highest BCUT2D eigenvalue weighted by Crippen LogP contribution is 2.26. The van der Waals surface area contributed by atoms with Crippen molar-refractivity contribution in [2.24, 2.45) is 0 Å². The molecule has 17 heavy (non-hydrogen) atoms.